The van der Waals surface area contributed by atoms with Crippen molar-refractivity contribution in [3.8, 4) is 12.3 Å². The van der Waals surface area contributed by atoms with Gasteiger partial charge in [-0.2, -0.15) is 0 Å². The van der Waals surface area contributed by atoms with Gasteiger partial charge in [0.2, 0.25) is 0 Å². The van der Waals surface area contributed by atoms with Crippen LogP contribution in [-0.2, 0) is 0 Å². The minimum Gasteiger partial charge on any atom is -0.314 e. The van der Waals surface area contributed by atoms with E-state index in [-0.39, 0.29) is 0 Å². The van der Waals surface area contributed by atoms with Crippen molar-refractivity contribution in [3.05, 3.63) is 0 Å². The quantitative estimate of drug-likeness (QED) is 0.461. The minimum absolute atomic E-state index is 0.732. The van der Waals surface area contributed by atoms with Crippen molar-refractivity contribution in [3.63, 3.8) is 0 Å². The van der Waals surface area contributed by atoms with Crippen molar-refractivity contribution in [2.24, 2.45) is 5.92 Å². The third kappa shape index (κ3) is 5.29. The number of nitrogens with one attached hydrogen (secondary N) is 1. The van der Waals surface area contributed by atoms with Crippen LogP contribution in [0.4, 0.5) is 0 Å². The van der Waals surface area contributed by atoms with Crippen LogP contribution in [0.1, 0.15) is 51.9 Å². The highest BCUT2D eigenvalue weighted by Crippen LogP contribution is 2.34. The zero-order valence-corrected chi connectivity index (χ0v) is 9.39. The lowest BCUT2D eigenvalue weighted by Crippen LogP contribution is -2.30. The molecular weight excluding hydrogens is 170 g/mol. The van der Waals surface area contributed by atoms with E-state index in [0.717, 1.165) is 24.9 Å². The summed E-state index contributed by atoms with van der Waals surface area (Å²) in [4.78, 5) is 0. The van der Waals surface area contributed by atoms with Crippen LogP contribution in [0.5, 0.6) is 0 Å². The first-order valence-electron chi connectivity index (χ1n) is 6.03. The third-order valence-corrected chi connectivity index (χ3v) is 2.87. The van der Waals surface area contributed by atoms with Crippen LogP contribution in [-0.4, -0.2) is 12.6 Å². The molecular formula is C13H23N. The van der Waals surface area contributed by atoms with Crippen molar-refractivity contribution in [1.82, 2.24) is 5.32 Å². The van der Waals surface area contributed by atoms with E-state index in [1.165, 1.54) is 38.5 Å². The molecule has 0 aromatic heterocycles. The van der Waals surface area contributed by atoms with E-state index in [1.807, 2.05) is 0 Å². The largest absolute Gasteiger partial charge is 0.314 e. The first kappa shape index (κ1) is 11.6. The Morgan fingerprint density at radius 3 is 2.86 bits per heavy atom. The van der Waals surface area contributed by atoms with Gasteiger partial charge in [-0.3, -0.25) is 0 Å². The Hall–Kier alpha value is -0.480. The molecule has 80 valence electrons. The highest BCUT2D eigenvalue weighted by Gasteiger charge is 2.24. The molecule has 1 unspecified atom stereocenters. The Morgan fingerprint density at radius 2 is 2.29 bits per heavy atom. The predicted molar refractivity (Wildman–Crippen MR) is 62.1 cm³/mol. The van der Waals surface area contributed by atoms with Gasteiger partial charge in [0.25, 0.3) is 0 Å². The van der Waals surface area contributed by atoms with E-state index in [1.54, 1.807) is 0 Å². The van der Waals surface area contributed by atoms with Gasteiger partial charge in [-0.25, -0.2) is 0 Å². The summed E-state index contributed by atoms with van der Waals surface area (Å²) in [6.07, 6.45) is 14.2. The average molecular weight is 193 g/mol. The van der Waals surface area contributed by atoms with E-state index in [4.69, 9.17) is 6.42 Å². The molecule has 0 radical (unpaired) electrons. The second kappa shape index (κ2) is 6.90. The SMILES string of the molecule is C#CCCCC(CC1CC1)NCCC. The summed E-state index contributed by atoms with van der Waals surface area (Å²) in [7, 11) is 0. The van der Waals surface area contributed by atoms with Gasteiger partial charge in [0.05, 0.1) is 0 Å². The van der Waals surface area contributed by atoms with Crippen LogP contribution >= 0.6 is 0 Å². The van der Waals surface area contributed by atoms with E-state index < -0.39 is 0 Å². The van der Waals surface area contributed by atoms with Crippen molar-refractivity contribution >= 4 is 0 Å². The molecule has 1 nitrogen and oxygen atoms in total. The smallest absolute Gasteiger partial charge is 0.00866 e. The number of unbranched alkanes of at least 4 members (excludes halogenated alkanes) is 1. The van der Waals surface area contributed by atoms with Gasteiger partial charge in [-0.05, 0) is 38.1 Å². The van der Waals surface area contributed by atoms with E-state index in [2.05, 4.69) is 18.2 Å². The van der Waals surface area contributed by atoms with E-state index in [9.17, 15) is 0 Å². The molecule has 1 N–H and O–H groups in total. The summed E-state index contributed by atoms with van der Waals surface area (Å²) in [6, 6.07) is 0.732. The molecule has 0 spiro atoms. The number of rotatable bonds is 8. The third-order valence-electron chi connectivity index (χ3n) is 2.87. The Morgan fingerprint density at radius 1 is 1.50 bits per heavy atom. The molecule has 1 rings (SSSR count). The second-order valence-corrected chi connectivity index (χ2v) is 4.43. The normalized spacial score (nSPS) is 17.7. The van der Waals surface area contributed by atoms with Crippen molar-refractivity contribution in [2.75, 3.05) is 6.54 Å². The molecule has 1 aliphatic rings. The van der Waals surface area contributed by atoms with Crippen LogP contribution in [0.2, 0.25) is 0 Å². The molecule has 14 heavy (non-hydrogen) atoms. The highest BCUT2D eigenvalue weighted by molar-refractivity contribution is 4.85. The van der Waals surface area contributed by atoms with Crippen LogP contribution < -0.4 is 5.32 Å². The minimum atomic E-state index is 0.732. The Kier molecular flexibility index (Phi) is 5.71. The number of terminal acetylenes is 1. The lowest BCUT2D eigenvalue weighted by atomic mass is 10.0. The molecule has 1 atom stereocenters. The van der Waals surface area contributed by atoms with Crippen LogP contribution in [0.3, 0.4) is 0 Å². The van der Waals surface area contributed by atoms with Crippen LogP contribution in [0.15, 0.2) is 0 Å². The zero-order chi connectivity index (χ0) is 10.2. The molecule has 1 heteroatoms. The summed E-state index contributed by atoms with van der Waals surface area (Å²) < 4.78 is 0. The van der Waals surface area contributed by atoms with Crippen molar-refractivity contribution in [1.29, 1.82) is 0 Å². The van der Waals surface area contributed by atoms with Gasteiger partial charge in [-0.1, -0.05) is 19.8 Å². The van der Waals surface area contributed by atoms with Gasteiger partial charge in [0.15, 0.2) is 0 Å². The lowest BCUT2D eigenvalue weighted by molar-refractivity contribution is 0.425. The monoisotopic (exact) mass is 193 g/mol. The molecule has 0 amide bonds. The zero-order valence-electron chi connectivity index (χ0n) is 9.39. The van der Waals surface area contributed by atoms with E-state index in [0.29, 0.717) is 0 Å². The molecule has 0 aromatic carbocycles. The molecule has 0 aliphatic heterocycles. The summed E-state index contributed by atoms with van der Waals surface area (Å²) >= 11 is 0. The summed E-state index contributed by atoms with van der Waals surface area (Å²) in [5.41, 5.74) is 0. The van der Waals surface area contributed by atoms with Gasteiger partial charge in [-0.15, -0.1) is 12.3 Å². The summed E-state index contributed by atoms with van der Waals surface area (Å²) in [5, 5.41) is 3.63. The van der Waals surface area contributed by atoms with Gasteiger partial charge >= 0.3 is 0 Å². The summed E-state index contributed by atoms with van der Waals surface area (Å²) in [5.74, 6) is 3.74. The molecule has 1 fully saturated rings. The standard InChI is InChI=1S/C13H23N/c1-3-5-6-7-13(14-10-4-2)11-12-8-9-12/h1,12-14H,4-11H2,2H3. The molecule has 1 aliphatic carbocycles. The Balaban J connectivity index is 2.10. The van der Waals surface area contributed by atoms with Crippen molar-refractivity contribution in [2.45, 2.75) is 57.9 Å². The topological polar surface area (TPSA) is 12.0 Å². The second-order valence-electron chi connectivity index (χ2n) is 4.43. The van der Waals surface area contributed by atoms with Gasteiger partial charge in [0.1, 0.15) is 0 Å². The van der Waals surface area contributed by atoms with Gasteiger partial charge in [0, 0.05) is 12.5 Å². The number of hydrogen-bond donors (Lipinski definition) is 1. The number of hydrogen-bond acceptors (Lipinski definition) is 1. The molecule has 1 saturated carbocycles. The predicted octanol–water partition coefficient (Wildman–Crippen LogP) is 2.96. The maximum Gasteiger partial charge on any atom is 0.00866 e. The maximum absolute atomic E-state index is 5.26. The molecule has 0 saturated heterocycles. The highest BCUT2D eigenvalue weighted by atomic mass is 14.9. The molecule has 0 aromatic rings. The lowest BCUT2D eigenvalue weighted by Gasteiger charge is -2.17. The van der Waals surface area contributed by atoms with Crippen LogP contribution in [0.25, 0.3) is 0 Å². The average Bonchev–Trinajstić information content (AvgIpc) is 2.98. The molecule has 0 heterocycles. The van der Waals surface area contributed by atoms with E-state index >= 15 is 0 Å². The van der Waals surface area contributed by atoms with Gasteiger partial charge < -0.3 is 5.32 Å². The van der Waals surface area contributed by atoms with Crippen LogP contribution in [0, 0.1) is 18.3 Å². The first-order valence-corrected chi connectivity index (χ1v) is 6.03. The fourth-order valence-electron chi connectivity index (χ4n) is 1.86. The summed E-state index contributed by atoms with van der Waals surface area (Å²) in [6.45, 7) is 3.38. The van der Waals surface area contributed by atoms with Crippen molar-refractivity contribution < 1.29 is 0 Å². The maximum atomic E-state index is 5.26. The fourth-order valence-corrected chi connectivity index (χ4v) is 1.86. The first-order chi connectivity index (χ1) is 6.86. The Bertz CT molecular complexity index is 176. The molecule has 0 bridgehead atoms. The Labute approximate surface area is 88.7 Å². The fraction of sp³-hybridized carbons (Fsp3) is 0.846.